The zero-order valence-electron chi connectivity index (χ0n) is 27.4. The number of hydrogen-bond donors (Lipinski definition) is 4. The molecule has 2 unspecified atom stereocenters. The SMILES string of the molecule is C[C@H]1C[C@@H]1NC(=O)C1CN(C(=O)C#CC(=O)N2CC(C(=O)NC3CC3)[C@H](C(=O)N[C@H]3C[C@@H]3c3ccccc3)C2)C[C@H]1C(=O)N[C@H]1C[C@@H]1C. The quantitative estimate of drug-likeness (QED) is 0.277. The lowest BCUT2D eigenvalue weighted by Crippen LogP contribution is -2.43. The smallest absolute Gasteiger partial charge is 0.299 e. The third kappa shape index (κ3) is 7.20. The van der Waals surface area contributed by atoms with Crippen LogP contribution >= 0.6 is 0 Å². The van der Waals surface area contributed by atoms with Crippen molar-refractivity contribution in [2.75, 3.05) is 26.2 Å². The zero-order valence-corrected chi connectivity index (χ0v) is 27.4. The molecule has 2 heterocycles. The van der Waals surface area contributed by atoms with Crippen LogP contribution in [0.2, 0.25) is 0 Å². The number of nitrogens with one attached hydrogen (secondary N) is 4. The van der Waals surface area contributed by atoms with Crippen molar-refractivity contribution >= 4 is 35.4 Å². The summed E-state index contributed by atoms with van der Waals surface area (Å²) in [6.45, 7) is 4.21. The Labute approximate surface area is 280 Å². The summed E-state index contributed by atoms with van der Waals surface area (Å²) in [5.74, 6) is 0.681. The van der Waals surface area contributed by atoms with Crippen molar-refractivity contribution in [3.05, 3.63) is 35.9 Å². The van der Waals surface area contributed by atoms with Gasteiger partial charge in [-0.1, -0.05) is 44.2 Å². The highest BCUT2D eigenvalue weighted by Gasteiger charge is 2.49. The summed E-state index contributed by atoms with van der Waals surface area (Å²) in [7, 11) is 0. The molecule has 4 N–H and O–H groups in total. The van der Waals surface area contributed by atoms with Gasteiger partial charge in [0.25, 0.3) is 11.8 Å². The van der Waals surface area contributed by atoms with Gasteiger partial charge in [-0.3, -0.25) is 28.8 Å². The summed E-state index contributed by atoms with van der Waals surface area (Å²) in [6.07, 6.45) is 4.39. The topological polar surface area (TPSA) is 157 Å². The maximum atomic E-state index is 13.5. The molecule has 0 aromatic heterocycles. The van der Waals surface area contributed by atoms with Crippen molar-refractivity contribution in [2.45, 2.75) is 76.0 Å². The maximum absolute atomic E-state index is 13.5. The van der Waals surface area contributed by atoms with Crippen molar-refractivity contribution in [3.63, 3.8) is 0 Å². The Hall–Kier alpha value is -4.40. The highest BCUT2D eigenvalue weighted by molar-refractivity contribution is 6.04. The molecule has 10 atom stereocenters. The molecule has 7 rings (SSSR count). The molecular weight excluding hydrogens is 612 g/mol. The molecule has 1 aromatic carbocycles. The van der Waals surface area contributed by atoms with Gasteiger partial charge in [-0.05, 0) is 49.5 Å². The van der Waals surface area contributed by atoms with E-state index >= 15 is 0 Å². The van der Waals surface area contributed by atoms with Gasteiger partial charge in [0.1, 0.15) is 0 Å². The van der Waals surface area contributed by atoms with E-state index in [0.29, 0.717) is 11.8 Å². The monoisotopic (exact) mass is 656 g/mol. The van der Waals surface area contributed by atoms with Gasteiger partial charge in [0, 0.05) is 68.1 Å². The van der Waals surface area contributed by atoms with Crippen molar-refractivity contribution in [2.24, 2.45) is 35.5 Å². The van der Waals surface area contributed by atoms with Crippen LogP contribution in [0.25, 0.3) is 0 Å². The zero-order chi connectivity index (χ0) is 33.7. The van der Waals surface area contributed by atoms with Crippen LogP contribution in [0, 0.1) is 47.3 Å². The summed E-state index contributed by atoms with van der Waals surface area (Å²) < 4.78 is 0. The summed E-state index contributed by atoms with van der Waals surface area (Å²) in [6, 6.07) is 10.2. The van der Waals surface area contributed by atoms with E-state index in [2.05, 4.69) is 33.1 Å². The van der Waals surface area contributed by atoms with Crippen molar-refractivity contribution in [3.8, 4) is 11.8 Å². The molecule has 4 aliphatic carbocycles. The van der Waals surface area contributed by atoms with E-state index in [1.54, 1.807) is 0 Å². The van der Waals surface area contributed by atoms with Crippen LogP contribution in [0.4, 0.5) is 0 Å². The number of rotatable bonds is 9. The van der Waals surface area contributed by atoms with Crippen molar-refractivity contribution < 1.29 is 28.8 Å². The fourth-order valence-corrected chi connectivity index (χ4v) is 7.14. The number of carbonyl (C=O) groups is 6. The molecule has 48 heavy (non-hydrogen) atoms. The minimum absolute atomic E-state index is 0.0202. The first-order chi connectivity index (χ1) is 23.0. The van der Waals surface area contributed by atoms with Crippen LogP contribution < -0.4 is 21.3 Å². The van der Waals surface area contributed by atoms with Gasteiger partial charge in [-0.15, -0.1) is 0 Å². The van der Waals surface area contributed by atoms with Gasteiger partial charge >= 0.3 is 0 Å². The van der Waals surface area contributed by atoms with E-state index in [0.717, 1.165) is 37.7 Å². The molecule has 12 heteroatoms. The first-order valence-corrected chi connectivity index (χ1v) is 17.4. The molecule has 12 nitrogen and oxygen atoms in total. The van der Waals surface area contributed by atoms with Gasteiger partial charge in [0.15, 0.2) is 0 Å². The van der Waals surface area contributed by atoms with Gasteiger partial charge in [0.2, 0.25) is 23.6 Å². The minimum Gasteiger partial charge on any atom is -0.353 e. The second-order valence-electron chi connectivity index (χ2n) is 14.9. The molecular formula is C36H44N6O6. The maximum Gasteiger partial charge on any atom is 0.299 e. The van der Waals surface area contributed by atoms with E-state index in [1.807, 2.05) is 44.2 Å². The largest absolute Gasteiger partial charge is 0.353 e. The molecule has 2 aliphatic heterocycles. The lowest BCUT2D eigenvalue weighted by Gasteiger charge is -2.17. The highest BCUT2D eigenvalue weighted by Crippen LogP contribution is 2.41. The normalized spacial score (nSPS) is 34.3. The van der Waals surface area contributed by atoms with Crippen molar-refractivity contribution in [1.29, 1.82) is 0 Å². The molecule has 6 fully saturated rings. The Balaban J connectivity index is 0.984. The van der Waals surface area contributed by atoms with Crippen LogP contribution in [0.1, 0.15) is 57.4 Å². The highest BCUT2D eigenvalue weighted by atomic mass is 16.2. The average Bonchev–Trinajstić information content (AvgIpc) is 4.03. The standard InChI is InChI=1S/C36H44N6O6/c1-19-12-28(19)38-34(46)26-17-42(18-27(26)35(47)39-29-13-20(29)2)32(44)11-10-31(43)41-15-24(33(45)37-22-8-9-22)25(16-41)36(48)40-30-14-23(30)21-6-4-3-5-7-21/h3-7,19-20,22-30H,8-9,12-18H2,1-2H3,(H,37,45)(H,38,46)(H,39,47)(H,40,48)/t19-,20-,23+,24?,25+,26+,27?,28-,29-,30-/m0/s1. The number of hydrogen-bond acceptors (Lipinski definition) is 6. The fraction of sp³-hybridized carbons (Fsp3) is 0.611. The lowest BCUT2D eigenvalue weighted by molar-refractivity contribution is -0.133. The van der Waals surface area contributed by atoms with Crippen LogP contribution in [0.3, 0.4) is 0 Å². The molecule has 0 spiro atoms. The Morgan fingerprint density at radius 1 is 0.583 bits per heavy atom. The van der Waals surface area contributed by atoms with Gasteiger partial charge < -0.3 is 31.1 Å². The molecule has 0 bridgehead atoms. The average molecular weight is 657 g/mol. The molecule has 4 saturated carbocycles. The number of nitrogens with zero attached hydrogens (tertiary/aromatic N) is 2. The summed E-state index contributed by atoms with van der Waals surface area (Å²) in [4.78, 5) is 82.1. The Kier molecular flexibility index (Phi) is 8.64. The molecule has 2 saturated heterocycles. The summed E-state index contributed by atoms with van der Waals surface area (Å²) in [5, 5.41) is 12.1. The van der Waals surface area contributed by atoms with Crippen molar-refractivity contribution in [1.82, 2.24) is 31.1 Å². The van der Waals surface area contributed by atoms with Gasteiger partial charge in [0.05, 0.1) is 23.7 Å². The number of benzene rings is 1. The fourth-order valence-electron chi connectivity index (χ4n) is 7.14. The van der Waals surface area contributed by atoms with E-state index in [-0.39, 0.29) is 79.9 Å². The van der Waals surface area contributed by atoms with E-state index < -0.39 is 35.5 Å². The van der Waals surface area contributed by atoms with Gasteiger partial charge in [-0.25, -0.2) is 0 Å². The van der Waals surface area contributed by atoms with Crippen LogP contribution in [-0.4, -0.2) is 95.6 Å². The van der Waals surface area contributed by atoms with Crippen LogP contribution in [-0.2, 0) is 28.8 Å². The number of likely N-dealkylation sites (tertiary alicyclic amines) is 2. The second-order valence-corrected chi connectivity index (χ2v) is 14.9. The van der Waals surface area contributed by atoms with Gasteiger partial charge in [-0.2, -0.15) is 0 Å². The first-order valence-electron chi connectivity index (χ1n) is 17.4. The predicted octanol–water partition coefficient (Wildman–Crippen LogP) is 0.139. The Bertz CT molecular complexity index is 1530. The molecule has 254 valence electrons. The molecule has 6 amide bonds. The molecule has 1 aromatic rings. The first kappa shape index (κ1) is 32.2. The van der Waals surface area contributed by atoms with Crippen LogP contribution in [0.15, 0.2) is 30.3 Å². The Morgan fingerprint density at radius 2 is 0.979 bits per heavy atom. The van der Waals surface area contributed by atoms with Crippen LogP contribution in [0.5, 0.6) is 0 Å². The van der Waals surface area contributed by atoms with E-state index in [9.17, 15) is 28.8 Å². The molecule has 6 aliphatic rings. The van der Waals surface area contributed by atoms with E-state index in [4.69, 9.17) is 0 Å². The third-order valence-electron chi connectivity index (χ3n) is 11.0. The summed E-state index contributed by atoms with van der Waals surface area (Å²) >= 11 is 0. The minimum atomic E-state index is -0.734. The molecule has 0 radical (unpaired) electrons. The van der Waals surface area contributed by atoms with E-state index in [1.165, 1.54) is 9.80 Å². The third-order valence-corrected chi connectivity index (χ3v) is 11.0. The Morgan fingerprint density at radius 3 is 1.38 bits per heavy atom. The number of amides is 6. The second kappa shape index (κ2) is 12.9. The number of carbonyl (C=O) groups excluding carboxylic acids is 6. The predicted molar refractivity (Wildman–Crippen MR) is 173 cm³/mol. The lowest BCUT2D eigenvalue weighted by atomic mass is 9.94. The summed E-state index contributed by atoms with van der Waals surface area (Å²) in [5.41, 5.74) is 1.15.